The van der Waals surface area contributed by atoms with Crippen LogP contribution in [-0.4, -0.2) is 37.7 Å². The summed E-state index contributed by atoms with van der Waals surface area (Å²) in [4.78, 5) is 39.6. The van der Waals surface area contributed by atoms with Gasteiger partial charge in [-0.2, -0.15) is 0 Å². The van der Waals surface area contributed by atoms with E-state index in [2.05, 4.69) is 56.4 Å². The third-order valence-corrected chi connectivity index (χ3v) is 6.12. The van der Waals surface area contributed by atoms with Gasteiger partial charge in [-0.3, -0.25) is 14.9 Å². The minimum absolute atomic E-state index is 0.118. The number of nitrogens with one attached hydrogen (secondary N) is 1. The van der Waals surface area contributed by atoms with E-state index in [4.69, 9.17) is 20.6 Å². The average Bonchev–Trinajstić information content (AvgIpc) is 2.78. The maximum absolute atomic E-state index is 13.4. The normalized spacial score (nSPS) is 14.6. The van der Waals surface area contributed by atoms with Crippen molar-refractivity contribution in [1.82, 2.24) is 5.32 Å². The van der Waals surface area contributed by atoms with Gasteiger partial charge in [0, 0.05) is 6.07 Å². The number of anilines is 1. The van der Waals surface area contributed by atoms with Crippen molar-refractivity contribution in [1.29, 1.82) is 0 Å². The molecule has 1 heterocycles. The van der Waals surface area contributed by atoms with Crippen molar-refractivity contribution >= 4 is 74.8 Å². The fourth-order valence-electron chi connectivity index (χ4n) is 3.16. The van der Waals surface area contributed by atoms with Crippen LogP contribution in [0.3, 0.4) is 0 Å². The number of hydrogen-bond acceptors (Lipinski definition) is 6. The molecule has 3 rings (SSSR count). The molecule has 0 spiro atoms. The Hall–Kier alpha value is -2.79. The van der Waals surface area contributed by atoms with Crippen LogP contribution in [0.5, 0.6) is 17.2 Å². The highest BCUT2D eigenvalue weighted by Gasteiger charge is 2.38. The number of amides is 4. The number of barbiturate groups is 1. The molecule has 1 fully saturated rings. The number of rotatable bonds is 8. The Labute approximate surface area is 224 Å². The standard InChI is InChI=1S/C24H20I2N2O6/c1-4-9-34-21-17(25)11-14(12-18(21)26)10-16-22(29)27-24(31)28(23(16)30)19-13-15(32-5-2)7-8-20(19)33-6-3/h1,7-8,10-13H,5-6,9H2,2-3H3,(H,27,29,31)/b16-10+. The van der Waals surface area contributed by atoms with E-state index in [9.17, 15) is 14.4 Å². The molecule has 1 saturated heterocycles. The molecule has 0 aromatic heterocycles. The van der Waals surface area contributed by atoms with E-state index in [1.807, 2.05) is 6.92 Å². The minimum atomic E-state index is -0.871. The molecule has 2 aromatic rings. The van der Waals surface area contributed by atoms with Crippen LogP contribution in [0.25, 0.3) is 6.08 Å². The first-order valence-corrected chi connectivity index (χ1v) is 12.3. The van der Waals surface area contributed by atoms with E-state index in [1.165, 1.54) is 12.1 Å². The summed E-state index contributed by atoms with van der Waals surface area (Å²) >= 11 is 4.18. The second-order valence-corrected chi connectivity index (χ2v) is 9.08. The summed E-state index contributed by atoms with van der Waals surface area (Å²) in [7, 11) is 0. The molecule has 1 aliphatic heterocycles. The van der Waals surface area contributed by atoms with Gasteiger partial charge in [0.05, 0.1) is 26.0 Å². The number of nitrogens with zero attached hydrogens (tertiary/aromatic N) is 1. The molecule has 0 atom stereocenters. The molecule has 0 unspecified atom stereocenters. The molecule has 0 bridgehead atoms. The molecule has 0 aliphatic carbocycles. The zero-order valence-corrected chi connectivity index (χ0v) is 22.6. The summed E-state index contributed by atoms with van der Waals surface area (Å²) in [5, 5.41) is 2.23. The highest BCUT2D eigenvalue weighted by Crippen LogP contribution is 2.35. The van der Waals surface area contributed by atoms with Crippen LogP contribution in [0.2, 0.25) is 0 Å². The molecule has 0 radical (unpaired) electrons. The Kier molecular flexibility index (Phi) is 8.78. The lowest BCUT2D eigenvalue weighted by atomic mass is 10.1. The van der Waals surface area contributed by atoms with Gasteiger partial charge in [-0.25, -0.2) is 9.69 Å². The third kappa shape index (κ3) is 5.64. The maximum atomic E-state index is 13.4. The van der Waals surface area contributed by atoms with Crippen molar-refractivity contribution in [2.45, 2.75) is 13.8 Å². The van der Waals surface area contributed by atoms with E-state index in [0.29, 0.717) is 36.0 Å². The Morgan fingerprint density at radius 2 is 1.71 bits per heavy atom. The first kappa shape index (κ1) is 25.8. The van der Waals surface area contributed by atoms with Gasteiger partial charge in [0.25, 0.3) is 11.8 Å². The molecule has 8 nitrogen and oxygen atoms in total. The van der Waals surface area contributed by atoms with Crippen LogP contribution in [-0.2, 0) is 9.59 Å². The molecule has 10 heteroatoms. The number of ether oxygens (including phenoxy) is 3. The van der Waals surface area contributed by atoms with Gasteiger partial charge in [0.2, 0.25) is 0 Å². The van der Waals surface area contributed by atoms with Crippen LogP contribution in [0.4, 0.5) is 10.5 Å². The SMILES string of the molecule is C#CCOc1c(I)cc(/C=C2\C(=O)NC(=O)N(c3cc(OCC)ccc3OCC)C2=O)cc1I. The Morgan fingerprint density at radius 1 is 1.03 bits per heavy atom. The zero-order chi connectivity index (χ0) is 24.8. The molecule has 4 amide bonds. The first-order chi connectivity index (χ1) is 16.3. The van der Waals surface area contributed by atoms with Gasteiger partial charge in [-0.1, -0.05) is 5.92 Å². The molecule has 1 aliphatic rings. The van der Waals surface area contributed by atoms with Crippen molar-refractivity contribution < 1.29 is 28.6 Å². The zero-order valence-electron chi connectivity index (χ0n) is 18.3. The van der Waals surface area contributed by atoms with Crippen LogP contribution in [0.15, 0.2) is 35.9 Å². The number of hydrogen-bond donors (Lipinski definition) is 1. The van der Waals surface area contributed by atoms with Crippen molar-refractivity contribution in [3.63, 3.8) is 0 Å². The number of benzene rings is 2. The van der Waals surface area contributed by atoms with Crippen LogP contribution in [0.1, 0.15) is 19.4 Å². The van der Waals surface area contributed by atoms with Crippen molar-refractivity contribution in [3.8, 4) is 29.6 Å². The summed E-state index contributed by atoms with van der Waals surface area (Å²) in [6.45, 7) is 4.44. The lowest BCUT2D eigenvalue weighted by Gasteiger charge is -2.28. The van der Waals surface area contributed by atoms with Crippen molar-refractivity contribution in [3.05, 3.63) is 48.6 Å². The van der Waals surface area contributed by atoms with E-state index >= 15 is 0 Å². The Morgan fingerprint density at radius 3 is 2.32 bits per heavy atom. The van der Waals surface area contributed by atoms with Gasteiger partial charge in [-0.05, 0) is 94.9 Å². The summed E-state index contributed by atoms with van der Waals surface area (Å²) < 4.78 is 18.2. The number of carbonyl (C=O) groups is 3. The van der Waals surface area contributed by atoms with Gasteiger partial charge < -0.3 is 14.2 Å². The molecule has 34 heavy (non-hydrogen) atoms. The minimum Gasteiger partial charge on any atom is -0.494 e. The molecule has 2 aromatic carbocycles. The van der Waals surface area contributed by atoms with Gasteiger partial charge >= 0.3 is 6.03 Å². The summed E-state index contributed by atoms with van der Waals surface area (Å²) in [5.41, 5.74) is 0.561. The smallest absolute Gasteiger partial charge is 0.336 e. The van der Waals surface area contributed by atoms with Crippen molar-refractivity contribution in [2.24, 2.45) is 0 Å². The second-order valence-electron chi connectivity index (χ2n) is 6.76. The predicted octanol–water partition coefficient (Wildman–Crippen LogP) is 4.37. The van der Waals surface area contributed by atoms with E-state index < -0.39 is 17.8 Å². The Bertz CT molecular complexity index is 1200. The highest BCUT2D eigenvalue weighted by molar-refractivity contribution is 14.1. The number of urea groups is 1. The lowest BCUT2D eigenvalue weighted by Crippen LogP contribution is -2.54. The second kappa shape index (κ2) is 11.6. The van der Waals surface area contributed by atoms with Gasteiger partial charge in [0.1, 0.15) is 29.4 Å². The monoisotopic (exact) mass is 686 g/mol. The molecule has 176 valence electrons. The summed E-state index contributed by atoms with van der Waals surface area (Å²) in [6, 6.07) is 7.46. The highest BCUT2D eigenvalue weighted by atomic mass is 127. The quantitative estimate of drug-likeness (QED) is 0.192. The van der Waals surface area contributed by atoms with Crippen molar-refractivity contribution in [2.75, 3.05) is 24.7 Å². The summed E-state index contributed by atoms with van der Waals surface area (Å²) in [6.07, 6.45) is 6.70. The third-order valence-electron chi connectivity index (χ3n) is 4.52. The van der Waals surface area contributed by atoms with E-state index in [1.54, 1.807) is 31.2 Å². The van der Waals surface area contributed by atoms with E-state index in [-0.39, 0.29) is 17.9 Å². The molecular formula is C24H20I2N2O6. The predicted molar refractivity (Wildman–Crippen MR) is 144 cm³/mol. The van der Waals surface area contributed by atoms with Gasteiger partial charge in [-0.15, -0.1) is 6.42 Å². The van der Waals surface area contributed by atoms with Crippen LogP contribution >= 0.6 is 45.2 Å². The lowest BCUT2D eigenvalue weighted by molar-refractivity contribution is -0.122. The largest absolute Gasteiger partial charge is 0.494 e. The van der Waals surface area contributed by atoms with Crippen LogP contribution in [0, 0.1) is 19.5 Å². The summed E-state index contributed by atoms with van der Waals surface area (Å²) in [5.74, 6) is 2.23. The number of carbonyl (C=O) groups excluding carboxylic acids is 3. The number of terminal acetylenes is 1. The van der Waals surface area contributed by atoms with E-state index in [0.717, 1.165) is 12.0 Å². The first-order valence-electron chi connectivity index (χ1n) is 10.2. The maximum Gasteiger partial charge on any atom is 0.336 e. The van der Waals surface area contributed by atoms with Crippen LogP contribution < -0.4 is 24.4 Å². The fourth-order valence-corrected chi connectivity index (χ4v) is 5.29. The van der Waals surface area contributed by atoms with Gasteiger partial charge in [0.15, 0.2) is 0 Å². The number of imide groups is 2. The Balaban J connectivity index is 2.05. The number of halogens is 2. The fraction of sp³-hybridized carbons (Fsp3) is 0.208. The topological polar surface area (TPSA) is 94.2 Å². The molecular weight excluding hydrogens is 666 g/mol. The average molecular weight is 686 g/mol. The molecule has 1 N–H and O–H groups in total. The molecule has 0 saturated carbocycles.